The van der Waals surface area contributed by atoms with Crippen LogP contribution >= 0.6 is 0 Å². The highest BCUT2D eigenvalue weighted by Crippen LogP contribution is 2.46. The molecule has 316 valence electrons. The third-order valence-corrected chi connectivity index (χ3v) is 13.5. The Bertz CT molecular complexity index is 3340. The Morgan fingerprint density at radius 2 is 0.985 bits per heavy atom. The average Bonchev–Trinajstić information content (AvgIpc) is 3.91. The van der Waals surface area contributed by atoms with Gasteiger partial charge in [0.15, 0.2) is 0 Å². The zero-order chi connectivity index (χ0) is 44.1. The summed E-state index contributed by atoms with van der Waals surface area (Å²) in [5.74, 6) is 2.39. The molecule has 0 fully saturated rings. The van der Waals surface area contributed by atoms with E-state index in [0.717, 1.165) is 56.2 Å². The molecule has 5 heteroatoms. The van der Waals surface area contributed by atoms with Gasteiger partial charge in [0.2, 0.25) is 0 Å². The Hall–Kier alpha value is -7.89. The molecule has 11 rings (SSSR count). The maximum Gasteiger partial charge on any atom is 0.137 e. The molecule has 8 aromatic carbocycles. The molecule has 5 nitrogen and oxygen atoms in total. The van der Waals surface area contributed by atoms with E-state index < -0.39 is 0 Å². The smallest absolute Gasteiger partial charge is 0.137 e. The lowest BCUT2D eigenvalue weighted by atomic mass is 9.78. The first kappa shape index (κ1) is 39.9. The van der Waals surface area contributed by atoms with E-state index in [-0.39, 0.29) is 10.8 Å². The molecule has 0 saturated carbocycles. The van der Waals surface area contributed by atoms with Crippen LogP contribution in [0.5, 0.6) is 11.5 Å². The molecule has 0 N–H and O–H groups in total. The van der Waals surface area contributed by atoms with E-state index in [1.54, 1.807) is 0 Å². The Labute approximate surface area is 381 Å². The summed E-state index contributed by atoms with van der Waals surface area (Å²) in [7, 11) is 0. The topological polar surface area (TPSA) is 33.5 Å². The van der Waals surface area contributed by atoms with Gasteiger partial charge in [-0.3, -0.25) is 4.57 Å². The molecule has 0 aliphatic carbocycles. The second-order valence-corrected chi connectivity index (χ2v) is 18.1. The Morgan fingerprint density at radius 1 is 0.415 bits per heavy atom. The van der Waals surface area contributed by atoms with Crippen LogP contribution in [0.2, 0.25) is 0 Å². The average molecular weight is 843 g/mol. The maximum atomic E-state index is 6.82. The molecule has 65 heavy (non-hydrogen) atoms. The van der Waals surface area contributed by atoms with Crippen LogP contribution < -0.4 is 14.5 Å². The number of benzene rings is 8. The van der Waals surface area contributed by atoms with Crippen LogP contribution in [0.1, 0.15) is 49.9 Å². The number of hydrogen-bond acceptors (Lipinski definition) is 4. The van der Waals surface area contributed by atoms with Crippen molar-refractivity contribution in [2.45, 2.75) is 38.5 Å². The molecule has 0 radical (unpaired) electrons. The van der Waals surface area contributed by atoms with Gasteiger partial charge in [-0.1, -0.05) is 155 Å². The van der Waals surface area contributed by atoms with Crippen LogP contribution in [0, 0.1) is 0 Å². The molecule has 1 aliphatic rings. The van der Waals surface area contributed by atoms with Gasteiger partial charge in [0, 0.05) is 51.3 Å². The molecule has 2 aromatic heterocycles. The minimum absolute atomic E-state index is 0.149. The normalized spacial score (nSPS) is 12.8. The largest absolute Gasteiger partial charge is 0.457 e. The predicted octanol–water partition coefficient (Wildman–Crippen LogP) is 15.5. The number of aromatic nitrogens is 2. The van der Waals surface area contributed by atoms with Gasteiger partial charge in [-0.05, 0) is 106 Å². The number of pyridine rings is 1. The van der Waals surface area contributed by atoms with Crippen molar-refractivity contribution in [3.63, 3.8) is 0 Å². The summed E-state index contributed by atoms with van der Waals surface area (Å²) in [6.07, 6.45) is 1.94. The van der Waals surface area contributed by atoms with Crippen molar-refractivity contribution in [3.8, 4) is 28.4 Å². The van der Waals surface area contributed by atoms with Gasteiger partial charge in [0.05, 0.1) is 22.4 Å². The van der Waals surface area contributed by atoms with E-state index in [4.69, 9.17) is 9.72 Å². The van der Waals surface area contributed by atoms with E-state index in [1.165, 1.54) is 39.1 Å². The monoisotopic (exact) mass is 842 g/mol. The fourth-order valence-corrected chi connectivity index (χ4v) is 9.66. The molecular weight excluding hydrogens is 793 g/mol. The van der Waals surface area contributed by atoms with Gasteiger partial charge >= 0.3 is 0 Å². The molecule has 10 aromatic rings. The SMILES string of the molecule is CC(C)(c1ccccc1)c1cccc(N2CN(c3cccc(Oc4ccc5c6cc(-c7ccccc7)ccc6n(-c6cc(C(C)(C)c7ccccc7)ccn6)c5c4)c3)c3ccccc32)c1. The molecule has 0 bridgehead atoms. The van der Waals surface area contributed by atoms with Gasteiger partial charge in [-0.15, -0.1) is 0 Å². The van der Waals surface area contributed by atoms with E-state index >= 15 is 0 Å². The van der Waals surface area contributed by atoms with Crippen molar-refractivity contribution < 1.29 is 4.74 Å². The predicted molar refractivity (Wildman–Crippen MR) is 270 cm³/mol. The minimum Gasteiger partial charge on any atom is -0.457 e. The van der Waals surface area contributed by atoms with Crippen molar-refractivity contribution in [3.05, 3.63) is 241 Å². The minimum atomic E-state index is -0.228. The number of fused-ring (bicyclic) bond motifs is 4. The van der Waals surface area contributed by atoms with Gasteiger partial charge in [-0.25, -0.2) is 4.98 Å². The first-order chi connectivity index (χ1) is 31.7. The number of anilines is 4. The highest BCUT2D eigenvalue weighted by Gasteiger charge is 2.30. The van der Waals surface area contributed by atoms with Crippen molar-refractivity contribution in [1.82, 2.24) is 9.55 Å². The molecule has 3 heterocycles. The molecule has 0 spiro atoms. The lowest BCUT2D eigenvalue weighted by molar-refractivity contribution is 0.483. The quantitative estimate of drug-likeness (QED) is 0.137. The van der Waals surface area contributed by atoms with Crippen molar-refractivity contribution >= 4 is 44.6 Å². The van der Waals surface area contributed by atoms with E-state index in [1.807, 2.05) is 12.3 Å². The maximum absolute atomic E-state index is 6.82. The van der Waals surface area contributed by atoms with Gasteiger partial charge in [-0.2, -0.15) is 0 Å². The summed E-state index contributed by atoms with van der Waals surface area (Å²) in [5, 5.41) is 2.30. The standard InChI is InChI=1S/C60H50N4O/c1-59(2,44-20-10-6-11-21-44)46-24-16-25-48(37-46)62-41-63(56-29-15-14-28-55(56)62)49-26-17-27-50(39-49)65-51-31-32-52-53-36-43(42-18-8-5-9-19-42)30-33-54(53)64(57(52)40-51)58-38-47(34-35-61-58)60(3,4)45-22-12-7-13-23-45/h5-40H,41H2,1-4H3. The molecule has 0 atom stereocenters. The Morgan fingerprint density at radius 3 is 1.66 bits per heavy atom. The fraction of sp³-hybridized carbons (Fsp3) is 0.117. The third-order valence-electron chi connectivity index (χ3n) is 13.5. The van der Waals surface area contributed by atoms with Gasteiger partial charge in [0.25, 0.3) is 0 Å². The van der Waals surface area contributed by atoms with Crippen LogP contribution in [0.15, 0.2) is 219 Å². The molecular formula is C60H50N4O. The van der Waals surface area contributed by atoms with Crippen LogP contribution in [0.4, 0.5) is 22.7 Å². The fourth-order valence-electron chi connectivity index (χ4n) is 9.66. The first-order valence-corrected chi connectivity index (χ1v) is 22.5. The van der Waals surface area contributed by atoms with E-state index in [0.29, 0.717) is 6.67 Å². The Balaban J connectivity index is 0.951. The summed E-state index contributed by atoms with van der Waals surface area (Å²) >= 11 is 0. The van der Waals surface area contributed by atoms with E-state index in [9.17, 15) is 0 Å². The summed E-state index contributed by atoms with van der Waals surface area (Å²) in [6, 6.07) is 75.8. The summed E-state index contributed by atoms with van der Waals surface area (Å²) in [5.41, 5.74) is 13.7. The molecule has 0 unspecified atom stereocenters. The van der Waals surface area contributed by atoms with Crippen molar-refractivity contribution in [2.75, 3.05) is 16.5 Å². The van der Waals surface area contributed by atoms with E-state index in [2.05, 4.69) is 248 Å². The first-order valence-electron chi connectivity index (χ1n) is 22.5. The number of ether oxygens (including phenoxy) is 1. The molecule has 0 saturated heterocycles. The summed E-state index contributed by atoms with van der Waals surface area (Å²) in [4.78, 5) is 9.81. The van der Waals surface area contributed by atoms with Crippen LogP contribution in [0.3, 0.4) is 0 Å². The highest BCUT2D eigenvalue weighted by atomic mass is 16.5. The Kier molecular flexibility index (Phi) is 9.84. The zero-order valence-corrected chi connectivity index (χ0v) is 37.2. The number of hydrogen-bond donors (Lipinski definition) is 0. The van der Waals surface area contributed by atoms with Crippen LogP contribution in [-0.2, 0) is 10.8 Å². The molecule has 0 amide bonds. The lowest BCUT2D eigenvalue weighted by Gasteiger charge is -2.28. The third kappa shape index (κ3) is 7.19. The highest BCUT2D eigenvalue weighted by molar-refractivity contribution is 6.10. The van der Waals surface area contributed by atoms with Crippen LogP contribution in [-0.4, -0.2) is 16.2 Å². The second kappa shape index (κ2) is 16.0. The van der Waals surface area contributed by atoms with Crippen LogP contribution in [0.25, 0.3) is 38.8 Å². The van der Waals surface area contributed by atoms with Gasteiger partial charge < -0.3 is 14.5 Å². The summed E-state index contributed by atoms with van der Waals surface area (Å²) < 4.78 is 9.11. The van der Waals surface area contributed by atoms with Crippen molar-refractivity contribution in [2.24, 2.45) is 0 Å². The summed E-state index contributed by atoms with van der Waals surface area (Å²) in [6.45, 7) is 9.84. The molecule has 1 aliphatic heterocycles. The number of para-hydroxylation sites is 2. The zero-order valence-electron chi connectivity index (χ0n) is 37.2. The number of nitrogens with zero attached hydrogens (tertiary/aromatic N) is 4. The second-order valence-electron chi connectivity index (χ2n) is 18.1. The lowest BCUT2D eigenvalue weighted by Crippen LogP contribution is -2.25. The van der Waals surface area contributed by atoms with Crippen molar-refractivity contribution in [1.29, 1.82) is 0 Å². The number of rotatable bonds is 10. The van der Waals surface area contributed by atoms with Gasteiger partial charge in [0.1, 0.15) is 24.0 Å².